The Morgan fingerprint density at radius 1 is 1.12 bits per heavy atom. The van der Waals surface area contributed by atoms with Gasteiger partial charge in [-0.1, -0.05) is 0 Å². The lowest BCUT2D eigenvalue weighted by atomic mass is 9.99. The third-order valence-electron chi connectivity index (χ3n) is 3.65. The van der Waals surface area contributed by atoms with Crippen molar-refractivity contribution in [1.82, 2.24) is 0 Å². The highest BCUT2D eigenvalue weighted by atomic mass is 31.2. The van der Waals surface area contributed by atoms with Gasteiger partial charge in [-0.25, -0.2) is 4.57 Å². The first kappa shape index (κ1) is 20.8. The van der Waals surface area contributed by atoms with Crippen LogP contribution in [0.4, 0.5) is 0 Å². The minimum atomic E-state index is -3.68. The first-order chi connectivity index (χ1) is 11.4. The number of unbranched alkanes of at least 4 members (excludes halogenated alkanes) is 1. The number of aliphatic hydroxyl groups is 1. The Balaban J connectivity index is 2.77. The number of ketones is 1. The van der Waals surface area contributed by atoms with Gasteiger partial charge in [-0.2, -0.15) is 0 Å². The zero-order chi connectivity index (χ0) is 18.2. The van der Waals surface area contributed by atoms with E-state index in [0.717, 1.165) is 17.5 Å². The number of hydrogen-bond acceptors (Lipinski definition) is 7. The number of phosphoric ester groups is 1. The molecule has 0 spiro atoms. The summed E-state index contributed by atoms with van der Waals surface area (Å²) >= 11 is 0. The molecule has 0 aromatic heterocycles. The molecular formula is C16H25O7P. The van der Waals surface area contributed by atoms with E-state index in [1.54, 1.807) is 12.1 Å². The fourth-order valence-electron chi connectivity index (χ4n) is 2.05. The number of phosphoric acid groups is 1. The Labute approximate surface area is 142 Å². The van der Waals surface area contributed by atoms with E-state index in [2.05, 4.69) is 9.05 Å². The minimum Gasteiger partial charge on any atom is -0.493 e. The van der Waals surface area contributed by atoms with Crippen LogP contribution in [0.15, 0.2) is 12.1 Å². The van der Waals surface area contributed by atoms with Crippen molar-refractivity contribution in [2.45, 2.75) is 26.7 Å². The number of carbonyl (C=O) groups excluding carboxylic acids is 1. The highest BCUT2D eigenvalue weighted by Crippen LogP contribution is 2.47. The Kier molecular flexibility index (Phi) is 8.59. The third kappa shape index (κ3) is 5.69. The predicted octanol–water partition coefficient (Wildman–Crippen LogP) is 3.05. The van der Waals surface area contributed by atoms with Gasteiger partial charge in [0.2, 0.25) is 0 Å². The molecule has 0 aliphatic heterocycles. The standard InChI is InChI=1S/C16H25O7P/c1-12-13(2)16(22-10-6-5-9-17)8-7-14(12)15(18)11-23-24(19,20-3)21-4/h7-8,17H,5-6,9-11H2,1-4H3. The van der Waals surface area contributed by atoms with Gasteiger partial charge >= 0.3 is 7.82 Å². The van der Waals surface area contributed by atoms with Gasteiger partial charge in [0, 0.05) is 26.4 Å². The summed E-state index contributed by atoms with van der Waals surface area (Å²) < 4.78 is 31.7. The maximum absolute atomic E-state index is 12.3. The molecule has 0 radical (unpaired) electrons. The molecule has 1 aromatic rings. The lowest BCUT2D eigenvalue weighted by molar-refractivity contribution is 0.0856. The zero-order valence-electron chi connectivity index (χ0n) is 14.5. The second-order valence-corrected chi connectivity index (χ2v) is 7.03. The van der Waals surface area contributed by atoms with Crippen LogP contribution in [0, 0.1) is 13.8 Å². The molecule has 8 heteroatoms. The summed E-state index contributed by atoms with van der Waals surface area (Å²) in [6.45, 7) is 3.92. The highest BCUT2D eigenvalue weighted by molar-refractivity contribution is 7.48. The van der Waals surface area contributed by atoms with E-state index in [9.17, 15) is 9.36 Å². The first-order valence-corrected chi connectivity index (χ1v) is 9.07. The minimum absolute atomic E-state index is 0.140. The van der Waals surface area contributed by atoms with Crippen molar-refractivity contribution >= 4 is 13.6 Å². The second-order valence-electron chi connectivity index (χ2n) is 5.15. The van der Waals surface area contributed by atoms with E-state index in [4.69, 9.17) is 14.4 Å². The molecule has 1 aromatic carbocycles. The van der Waals surface area contributed by atoms with Crippen LogP contribution >= 0.6 is 7.82 Å². The van der Waals surface area contributed by atoms with E-state index in [0.29, 0.717) is 24.3 Å². The Hall–Kier alpha value is -1.24. The number of benzene rings is 1. The predicted molar refractivity (Wildman–Crippen MR) is 89.6 cm³/mol. The van der Waals surface area contributed by atoms with Crippen LogP contribution < -0.4 is 4.74 Å². The van der Waals surface area contributed by atoms with Gasteiger partial charge in [-0.3, -0.25) is 18.4 Å². The number of ether oxygens (including phenoxy) is 1. The molecule has 0 amide bonds. The van der Waals surface area contributed by atoms with Crippen LogP contribution in [-0.2, 0) is 18.1 Å². The molecule has 1 rings (SSSR count). The Morgan fingerprint density at radius 2 is 1.79 bits per heavy atom. The molecule has 0 saturated heterocycles. The number of Topliss-reactive ketones (excluding diaryl/α,β-unsaturated/α-hetero) is 1. The molecule has 0 aliphatic rings. The highest BCUT2D eigenvalue weighted by Gasteiger charge is 2.25. The quantitative estimate of drug-likeness (QED) is 0.368. The van der Waals surface area contributed by atoms with Crippen molar-refractivity contribution in [2.75, 3.05) is 34.0 Å². The van der Waals surface area contributed by atoms with Gasteiger partial charge in [-0.15, -0.1) is 0 Å². The monoisotopic (exact) mass is 360 g/mol. The molecular weight excluding hydrogens is 335 g/mol. The van der Waals surface area contributed by atoms with Gasteiger partial charge in [0.1, 0.15) is 12.4 Å². The van der Waals surface area contributed by atoms with Crippen molar-refractivity contribution in [2.24, 2.45) is 0 Å². The lowest BCUT2D eigenvalue weighted by Crippen LogP contribution is -2.12. The topological polar surface area (TPSA) is 91.3 Å². The lowest BCUT2D eigenvalue weighted by Gasteiger charge is -2.15. The summed E-state index contributed by atoms with van der Waals surface area (Å²) in [5, 5.41) is 8.76. The van der Waals surface area contributed by atoms with Crippen molar-refractivity contribution in [3.8, 4) is 5.75 Å². The van der Waals surface area contributed by atoms with Gasteiger partial charge in [0.25, 0.3) is 0 Å². The molecule has 0 heterocycles. The van der Waals surface area contributed by atoms with Crippen LogP contribution in [0.1, 0.15) is 34.3 Å². The molecule has 136 valence electrons. The largest absolute Gasteiger partial charge is 0.493 e. The summed E-state index contributed by atoms with van der Waals surface area (Å²) in [4.78, 5) is 12.3. The van der Waals surface area contributed by atoms with E-state index in [1.165, 1.54) is 14.2 Å². The molecule has 24 heavy (non-hydrogen) atoms. The average Bonchev–Trinajstić information content (AvgIpc) is 2.59. The normalized spacial score (nSPS) is 11.5. The van der Waals surface area contributed by atoms with Gasteiger partial charge in [0.05, 0.1) is 6.61 Å². The van der Waals surface area contributed by atoms with E-state index >= 15 is 0 Å². The smallest absolute Gasteiger partial charge is 0.474 e. The fraction of sp³-hybridized carbons (Fsp3) is 0.562. The molecule has 0 aliphatic carbocycles. The summed E-state index contributed by atoms with van der Waals surface area (Å²) in [7, 11) is -1.30. The van der Waals surface area contributed by atoms with Crippen LogP contribution in [-0.4, -0.2) is 44.9 Å². The summed E-state index contributed by atoms with van der Waals surface area (Å²) in [6, 6.07) is 3.38. The Bertz CT molecular complexity index is 592. The van der Waals surface area contributed by atoms with Crippen LogP contribution in [0.2, 0.25) is 0 Å². The molecule has 0 atom stereocenters. The molecule has 7 nitrogen and oxygen atoms in total. The van der Waals surface area contributed by atoms with Crippen LogP contribution in [0.3, 0.4) is 0 Å². The molecule has 0 saturated carbocycles. The maximum Gasteiger partial charge on any atom is 0.474 e. The summed E-state index contributed by atoms with van der Waals surface area (Å²) in [5.41, 5.74) is 2.09. The summed E-state index contributed by atoms with van der Waals surface area (Å²) in [6.07, 6.45) is 1.44. The van der Waals surface area contributed by atoms with Gasteiger partial charge in [0.15, 0.2) is 5.78 Å². The van der Waals surface area contributed by atoms with Crippen molar-refractivity contribution in [1.29, 1.82) is 0 Å². The van der Waals surface area contributed by atoms with Gasteiger partial charge < -0.3 is 9.84 Å². The summed E-state index contributed by atoms with van der Waals surface area (Å²) in [5.74, 6) is 0.374. The first-order valence-electron chi connectivity index (χ1n) is 7.61. The second kappa shape index (κ2) is 9.91. The maximum atomic E-state index is 12.3. The Morgan fingerprint density at radius 3 is 2.38 bits per heavy atom. The van der Waals surface area contributed by atoms with Crippen molar-refractivity contribution in [3.63, 3.8) is 0 Å². The van der Waals surface area contributed by atoms with Crippen LogP contribution in [0.5, 0.6) is 5.75 Å². The van der Waals surface area contributed by atoms with Crippen LogP contribution in [0.25, 0.3) is 0 Å². The average molecular weight is 360 g/mol. The third-order valence-corrected chi connectivity index (χ3v) is 4.99. The van der Waals surface area contributed by atoms with Gasteiger partial charge in [-0.05, 0) is 49.9 Å². The number of rotatable bonds is 11. The van der Waals surface area contributed by atoms with Crippen molar-refractivity contribution in [3.05, 3.63) is 28.8 Å². The number of hydrogen-bond donors (Lipinski definition) is 1. The van der Waals surface area contributed by atoms with E-state index < -0.39 is 14.4 Å². The SMILES string of the molecule is COP(=O)(OC)OCC(=O)c1ccc(OCCCCO)c(C)c1C. The molecule has 0 fully saturated rings. The zero-order valence-corrected chi connectivity index (χ0v) is 15.4. The van der Waals surface area contributed by atoms with E-state index in [1.807, 2.05) is 13.8 Å². The molecule has 0 unspecified atom stereocenters. The van der Waals surface area contributed by atoms with Crippen molar-refractivity contribution < 1.29 is 32.8 Å². The molecule has 1 N–H and O–H groups in total. The number of carbonyl (C=O) groups is 1. The van der Waals surface area contributed by atoms with E-state index in [-0.39, 0.29) is 12.4 Å². The fourth-order valence-corrected chi connectivity index (χ4v) is 2.68. The number of aliphatic hydroxyl groups excluding tert-OH is 1. The molecule has 0 bridgehead atoms.